The second-order valence-corrected chi connectivity index (χ2v) is 4.01. The molecule has 1 aromatic carbocycles. The van der Waals surface area contributed by atoms with Crippen LogP contribution >= 0.6 is 0 Å². The van der Waals surface area contributed by atoms with E-state index < -0.39 is 0 Å². The molecule has 0 aliphatic carbocycles. The van der Waals surface area contributed by atoms with Gasteiger partial charge in [-0.2, -0.15) is 10.1 Å². The van der Waals surface area contributed by atoms with Gasteiger partial charge in [-0.3, -0.25) is 10.1 Å². The monoisotopic (exact) mass is 259 g/mol. The number of nitrogens with one attached hydrogen (secondary N) is 2. The number of hydrogen-bond acceptors (Lipinski definition) is 4. The molecule has 2 N–H and O–H groups in total. The van der Waals surface area contributed by atoms with Gasteiger partial charge in [0.25, 0.3) is 5.91 Å². The summed E-state index contributed by atoms with van der Waals surface area (Å²) in [4.78, 5) is 18.0. The lowest BCUT2D eigenvalue weighted by molar-refractivity contribution is 0.102. The summed E-state index contributed by atoms with van der Waals surface area (Å²) in [5.41, 5.74) is 1.70. The van der Waals surface area contributed by atoms with Crippen molar-refractivity contribution >= 4 is 17.5 Å². The molecule has 2 rings (SSSR count). The number of nitrogens with zero attached hydrogens (tertiary/aromatic N) is 3. The largest absolute Gasteiger partial charge is 0.372 e. The van der Waals surface area contributed by atoms with E-state index in [1.54, 1.807) is 12.1 Å². The molecular weight excluding hydrogens is 242 g/mol. The molecule has 0 saturated carbocycles. The van der Waals surface area contributed by atoms with Crippen molar-refractivity contribution in [2.45, 2.75) is 13.8 Å². The van der Waals surface area contributed by atoms with Crippen LogP contribution in [0.1, 0.15) is 24.2 Å². The van der Waals surface area contributed by atoms with E-state index in [9.17, 15) is 4.79 Å². The fourth-order valence-corrected chi connectivity index (χ4v) is 1.86. The van der Waals surface area contributed by atoms with Gasteiger partial charge in [-0.05, 0) is 38.1 Å². The zero-order chi connectivity index (χ0) is 13.7. The van der Waals surface area contributed by atoms with Gasteiger partial charge in [0, 0.05) is 24.3 Å². The minimum Gasteiger partial charge on any atom is -0.372 e. The Hall–Kier alpha value is -2.37. The summed E-state index contributed by atoms with van der Waals surface area (Å²) in [5, 5.41) is 8.89. The summed E-state index contributed by atoms with van der Waals surface area (Å²) in [7, 11) is 0. The molecule has 0 aliphatic rings. The molecule has 0 spiro atoms. The molecule has 0 saturated heterocycles. The molecular formula is C13H17N5O. The standard InChI is InChI=1S/C13H17N5O/c1-3-18(4-2)11-7-5-10(6-8-11)12(19)16-13-14-9-15-17-13/h5-9H,3-4H2,1-2H3,(H2,14,15,16,17,19). The number of benzene rings is 1. The van der Waals surface area contributed by atoms with Crippen molar-refractivity contribution in [1.82, 2.24) is 15.2 Å². The molecule has 19 heavy (non-hydrogen) atoms. The number of carbonyl (C=O) groups excluding carboxylic acids is 1. The summed E-state index contributed by atoms with van der Waals surface area (Å²) in [5.74, 6) is 0.140. The topological polar surface area (TPSA) is 73.9 Å². The fourth-order valence-electron chi connectivity index (χ4n) is 1.86. The minimum absolute atomic E-state index is 0.206. The first kappa shape index (κ1) is 13.1. The van der Waals surface area contributed by atoms with E-state index in [0.29, 0.717) is 11.5 Å². The molecule has 0 bridgehead atoms. The third-order valence-corrected chi connectivity index (χ3v) is 2.91. The second-order valence-electron chi connectivity index (χ2n) is 4.01. The lowest BCUT2D eigenvalue weighted by Gasteiger charge is -2.20. The van der Waals surface area contributed by atoms with Crippen LogP contribution < -0.4 is 10.2 Å². The zero-order valence-electron chi connectivity index (χ0n) is 11.1. The number of aromatic nitrogens is 3. The van der Waals surface area contributed by atoms with E-state index in [1.807, 2.05) is 12.1 Å². The molecule has 1 aromatic heterocycles. The molecule has 0 radical (unpaired) electrons. The normalized spacial score (nSPS) is 10.2. The highest BCUT2D eigenvalue weighted by Gasteiger charge is 2.08. The van der Waals surface area contributed by atoms with Crippen LogP contribution in [0.5, 0.6) is 0 Å². The minimum atomic E-state index is -0.206. The molecule has 0 fully saturated rings. The molecule has 0 atom stereocenters. The van der Waals surface area contributed by atoms with E-state index in [4.69, 9.17) is 0 Å². The summed E-state index contributed by atoms with van der Waals surface area (Å²) in [6.45, 7) is 6.10. The van der Waals surface area contributed by atoms with Gasteiger partial charge in [-0.25, -0.2) is 5.10 Å². The molecule has 6 nitrogen and oxygen atoms in total. The second kappa shape index (κ2) is 5.99. The van der Waals surface area contributed by atoms with Crippen molar-refractivity contribution in [1.29, 1.82) is 0 Å². The Morgan fingerprint density at radius 2 is 1.95 bits per heavy atom. The van der Waals surface area contributed by atoms with Crippen molar-refractivity contribution < 1.29 is 4.79 Å². The Labute approximate surface area is 111 Å². The maximum absolute atomic E-state index is 11.9. The highest BCUT2D eigenvalue weighted by molar-refractivity contribution is 6.03. The first-order chi connectivity index (χ1) is 9.24. The van der Waals surface area contributed by atoms with E-state index in [-0.39, 0.29) is 5.91 Å². The van der Waals surface area contributed by atoms with Crippen LogP contribution in [0.15, 0.2) is 30.6 Å². The van der Waals surface area contributed by atoms with Crippen LogP contribution in [0.2, 0.25) is 0 Å². The number of anilines is 2. The van der Waals surface area contributed by atoms with E-state index in [1.165, 1.54) is 6.33 Å². The van der Waals surface area contributed by atoms with Gasteiger partial charge in [0.1, 0.15) is 6.33 Å². The number of rotatable bonds is 5. The summed E-state index contributed by atoms with van der Waals surface area (Å²) in [6, 6.07) is 7.50. The van der Waals surface area contributed by atoms with Crippen molar-refractivity contribution in [2.75, 3.05) is 23.3 Å². The van der Waals surface area contributed by atoms with Crippen LogP contribution in [0.25, 0.3) is 0 Å². The highest BCUT2D eigenvalue weighted by Crippen LogP contribution is 2.15. The van der Waals surface area contributed by atoms with Gasteiger partial charge < -0.3 is 4.90 Å². The Morgan fingerprint density at radius 3 is 2.47 bits per heavy atom. The maximum Gasteiger partial charge on any atom is 0.258 e. The fraction of sp³-hybridized carbons (Fsp3) is 0.308. The van der Waals surface area contributed by atoms with E-state index in [0.717, 1.165) is 18.8 Å². The molecule has 2 aromatic rings. The van der Waals surface area contributed by atoms with Crippen LogP contribution in [0.3, 0.4) is 0 Å². The number of hydrogen-bond donors (Lipinski definition) is 2. The van der Waals surface area contributed by atoms with Gasteiger partial charge in [0.05, 0.1) is 0 Å². The van der Waals surface area contributed by atoms with Gasteiger partial charge >= 0.3 is 0 Å². The lowest BCUT2D eigenvalue weighted by Crippen LogP contribution is -2.21. The predicted molar refractivity (Wildman–Crippen MR) is 74.3 cm³/mol. The Bertz CT molecular complexity index is 516. The molecule has 6 heteroatoms. The van der Waals surface area contributed by atoms with Gasteiger partial charge in [0.15, 0.2) is 0 Å². The number of H-pyrrole nitrogens is 1. The molecule has 100 valence electrons. The number of aromatic amines is 1. The van der Waals surface area contributed by atoms with E-state index in [2.05, 4.69) is 39.2 Å². The average molecular weight is 259 g/mol. The Kier molecular flexibility index (Phi) is 4.12. The summed E-state index contributed by atoms with van der Waals surface area (Å²) < 4.78 is 0. The van der Waals surface area contributed by atoms with Gasteiger partial charge in [-0.15, -0.1) is 0 Å². The Morgan fingerprint density at radius 1 is 1.26 bits per heavy atom. The molecule has 0 unspecified atom stereocenters. The molecule has 0 aliphatic heterocycles. The lowest BCUT2D eigenvalue weighted by atomic mass is 10.2. The third kappa shape index (κ3) is 3.09. The van der Waals surface area contributed by atoms with Crippen LogP contribution in [-0.2, 0) is 0 Å². The maximum atomic E-state index is 11.9. The number of amides is 1. The SMILES string of the molecule is CCN(CC)c1ccc(C(=O)Nc2ncn[nH]2)cc1. The first-order valence-corrected chi connectivity index (χ1v) is 6.26. The Balaban J connectivity index is 2.07. The van der Waals surface area contributed by atoms with Crippen molar-refractivity contribution in [3.05, 3.63) is 36.2 Å². The summed E-state index contributed by atoms with van der Waals surface area (Å²) in [6.07, 6.45) is 1.35. The molecule has 1 amide bonds. The molecule has 1 heterocycles. The van der Waals surface area contributed by atoms with Crippen molar-refractivity contribution in [3.8, 4) is 0 Å². The first-order valence-electron chi connectivity index (χ1n) is 6.26. The predicted octanol–water partition coefficient (Wildman–Crippen LogP) is 1.90. The van der Waals surface area contributed by atoms with Crippen LogP contribution in [-0.4, -0.2) is 34.2 Å². The number of carbonyl (C=O) groups is 1. The van der Waals surface area contributed by atoms with Crippen molar-refractivity contribution in [3.63, 3.8) is 0 Å². The van der Waals surface area contributed by atoms with Gasteiger partial charge in [-0.1, -0.05) is 0 Å². The highest BCUT2D eigenvalue weighted by atomic mass is 16.1. The van der Waals surface area contributed by atoms with Crippen LogP contribution in [0.4, 0.5) is 11.6 Å². The third-order valence-electron chi connectivity index (χ3n) is 2.91. The average Bonchev–Trinajstić information content (AvgIpc) is 2.94. The summed E-state index contributed by atoms with van der Waals surface area (Å²) >= 11 is 0. The smallest absolute Gasteiger partial charge is 0.258 e. The zero-order valence-corrected chi connectivity index (χ0v) is 11.1. The van der Waals surface area contributed by atoms with Crippen molar-refractivity contribution in [2.24, 2.45) is 0 Å². The quantitative estimate of drug-likeness (QED) is 0.860. The van der Waals surface area contributed by atoms with Crippen LogP contribution in [0, 0.1) is 0 Å². The van der Waals surface area contributed by atoms with Gasteiger partial charge in [0.2, 0.25) is 5.95 Å². The van der Waals surface area contributed by atoms with E-state index >= 15 is 0 Å².